The molecule has 0 unspecified atom stereocenters. The zero-order valence-corrected chi connectivity index (χ0v) is 29.7. The quantitative estimate of drug-likeness (QED) is 0.167. The van der Waals surface area contributed by atoms with E-state index in [2.05, 4.69) is 153 Å². The lowest BCUT2D eigenvalue weighted by molar-refractivity contribution is 0.416. The SMILES string of the molecule is COc1ccccc1-c1cc(-c2ccccc2)cc(-c2cccc(-c3cc(-c4cccc5c4sc4c(-c6ccccc6)cccc45)cc(C)n3)c2)n1. The van der Waals surface area contributed by atoms with Crippen LogP contribution in [0.15, 0.2) is 170 Å². The van der Waals surface area contributed by atoms with E-state index >= 15 is 0 Å². The summed E-state index contributed by atoms with van der Waals surface area (Å²) < 4.78 is 8.35. The maximum absolute atomic E-state index is 5.75. The van der Waals surface area contributed by atoms with Crippen molar-refractivity contribution in [3.8, 4) is 72.9 Å². The number of fused-ring (bicyclic) bond motifs is 3. The predicted octanol–water partition coefficient (Wildman–Crippen LogP) is 13.2. The van der Waals surface area contributed by atoms with Gasteiger partial charge in [-0.15, -0.1) is 11.3 Å². The van der Waals surface area contributed by atoms with Crippen LogP contribution in [-0.4, -0.2) is 17.1 Å². The van der Waals surface area contributed by atoms with Crippen molar-refractivity contribution in [2.45, 2.75) is 6.92 Å². The Bertz CT molecular complexity index is 2730. The van der Waals surface area contributed by atoms with Crippen molar-refractivity contribution >= 4 is 31.5 Å². The first-order valence-corrected chi connectivity index (χ1v) is 18.2. The maximum atomic E-state index is 5.75. The number of hydrogen-bond donors (Lipinski definition) is 0. The van der Waals surface area contributed by atoms with Crippen molar-refractivity contribution in [1.82, 2.24) is 9.97 Å². The molecule has 0 fully saturated rings. The Morgan fingerprint density at radius 1 is 0.404 bits per heavy atom. The molecule has 0 aliphatic heterocycles. The van der Waals surface area contributed by atoms with Gasteiger partial charge in [-0.3, -0.25) is 4.98 Å². The van der Waals surface area contributed by atoms with E-state index in [0.717, 1.165) is 61.9 Å². The molecule has 0 saturated heterocycles. The smallest absolute Gasteiger partial charge is 0.128 e. The van der Waals surface area contributed by atoms with Gasteiger partial charge in [0, 0.05) is 42.6 Å². The molecule has 52 heavy (non-hydrogen) atoms. The molecule has 4 heteroatoms. The topological polar surface area (TPSA) is 35.0 Å². The first kappa shape index (κ1) is 31.6. The lowest BCUT2D eigenvalue weighted by Gasteiger charge is -2.13. The van der Waals surface area contributed by atoms with Crippen LogP contribution in [0.2, 0.25) is 0 Å². The zero-order chi connectivity index (χ0) is 35.0. The monoisotopic (exact) mass is 686 g/mol. The van der Waals surface area contributed by atoms with Gasteiger partial charge in [-0.05, 0) is 82.8 Å². The highest BCUT2D eigenvalue weighted by Crippen LogP contribution is 2.44. The second kappa shape index (κ2) is 13.4. The number of methoxy groups -OCH3 is 1. The van der Waals surface area contributed by atoms with Gasteiger partial charge in [-0.1, -0.05) is 127 Å². The van der Waals surface area contributed by atoms with E-state index in [1.807, 2.05) is 35.6 Å². The number of benzene rings is 6. The minimum atomic E-state index is 0.793. The van der Waals surface area contributed by atoms with Crippen LogP contribution >= 0.6 is 11.3 Å². The third kappa shape index (κ3) is 5.83. The lowest BCUT2D eigenvalue weighted by atomic mass is 9.97. The molecule has 3 nitrogen and oxygen atoms in total. The highest BCUT2D eigenvalue weighted by Gasteiger charge is 2.16. The number of ether oxygens (including phenoxy) is 1. The summed E-state index contributed by atoms with van der Waals surface area (Å²) >= 11 is 1.88. The van der Waals surface area contributed by atoms with Crippen LogP contribution < -0.4 is 4.74 Å². The van der Waals surface area contributed by atoms with Gasteiger partial charge in [0.15, 0.2) is 0 Å². The van der Waals surface area contributed by atoms with Crippen LogP contribution in [0.4, 0.5) is 0 Å². The Morgan fingerprint density at radius 3 is 1.62 bits per heavy atom. The minimum Gasteiger partial charge on any atom is -0.496 e. The number of aromatic nitrogens is 2. The van der Waals surface area contributed by atoms with Gasteiger partial charge in [0.05, 0.1) is 24.2 Å². The van der Waals surface area contributed by atoms with Crippen LogP contribution in [-0.2, 0) is 0 Å². The molecular formula is C48H34N2OS. The summed E-state index contributed by atoms with van der Waals surface area (Å²) in [7, 11) is 1.70. The highest BCUT2D eigenvalue weighted by molar-refractivity contribution is 7.26. The molecule has 0 N–H and O–H groups in total. The van der Waals surface area contributed by atoms with Gasteiger partial charge in [-0.25, -0.2) is 4.98 Å². The van der Waals surface area contributed by atoms with Crippen molar-refractivity contribution < 1.29 is 4.74 Å². The van der Waals surface area contributed by atoms with E-state index in [1.54, 1.807) is 7.11 Å². The summed E-state index contributed by atoms with van der Waals surface area (Å²) in [6.07, 6.45) is 0. The van der Waals surface area contributed by atoms with Crippen molar-refractivity contribution in [3.05, 3.63) is 176 Å². The van der Waals surface area contributed by atoms with E-state index in [4.69, 9.17) is 14.7 Å². The molecule has 0 aliphatic rings. The first-order chi connectivity index (χ1) is 25.6. The van der Waals surface area contributed by atoms with Crippen molar-refractivity contribution in [3.63, 3.8) is 0 Å². The molecule has 9 rings (SSSR count). The number of para-hydroxylation sites is 1. The summed E-state index contributed by atoms with van der Waals surface area (Å²) in [5.41, 5.74) is 13.8. The van der Waals surface area contributed by atoms with Crippen LogP contribution in [0, 0.1) is 6.92 Å². The van der Waals surface area contributed by atoms with Gasteiger partial charge >= 0.3 is 0 Å². The molecule has 0 radical (unpaired) electrons. The molecule has 0 atom stereocenters. The minimum absolute atomic E-state index is 0.793. The fraction of sp³-hybridized carbons (Fsp3) is 0.0417. The van der Waals surface area contributed by atoms with Gasteiger partial charge in [-0.2, -0.15) is 0 Å². The molecular weight excluding hydrogens is 653 g/mol. The molecule has 0 bridgehead atoms. The molecule has 0 amide bonds. The Kier molecular flexibility index (Phi) is 8.15. The summed E-state index contributed by atoms with van der Waals surface area (Å²) in [6.45, 7) is 2.08. The largest absolute Gasteiger partial charge is 0.496 e. The number of aryl methyl sites for hydroxylation is 1. The van der Waals surface area contributed by atoms with Crippen molar-refractivity contribution in [2.75, 3.05) is 7.11 Å². The van der Waals surface area contributed by atoms with E-state index in [-0.39, 0.29) is 0 Å². The molecule has 0 aliphatic carbocycles. The molecule has 0 spiro atoms. The van der Waals surface area contributed by atoms with Crippen molar-refractivity contribution in [1.29, 1.82) is 0 Å². The number of hydrogen-bond acceptors (Lipinski definition) is 4. The lowest BCUT2D eigenvalue weighted by Crippen LogP contribution is -1.94. The number of pyridine rings is 2. The molecule has 6 aromatic carbocycles. The van der Waals surface area contributed by atoms with Gasteiger partial charge in [0.2, 0.25) is 0 Å². The van der Waals surface area contributed by atoms with Crippen LogP contribution in [0.5, 0.6) is 5.75 Å². The van der Waals surface area contributed by atoms with Crippen LogP contribution in [0.3, 0.4) is 0 Å². The first-order valence-electron chi connectivity index (χ1n) is 17.4. The molecule has 3 heterocycles. The third-order valence-corrected chi connectivity index (χ3v) is 10.9. The molecule has 0 saturated carbocycles. The Balaban J connectivity index is 1.16. The summed E-state index contributed by atoms with van der Waals surface area (Å²) in [4.78, 5) is 10.3. The van der Waals surface area contributed by atoms with E-state index in [9.17, 15) is 0 Å². The summed E-state index contributed by atoms with van der Waals surface area (Å²) in [6, 6.07) is 59.9. The Morgan fingerprint density at radius 2 is 0.923 bits per heavy atom. The number of rotatable bonds is 7. The second-order valence-corrected chi connectivity index (χ2v) is 14.0. The molecule has 9 aromatic rings. The van der Waals surface area contributed by atoms with E-state index in [0.29, 0.717) is 0 Å². The summed E-state index contributed by atoms with van der Waals surface area (Å²) in [5, 5.41) is 2.57. The van der Waals surface area contributed by atoms with Crippen LogP contribution in [0.25, 0.3) is 87.3 Å². The van der Waals surface area contributed by atoms with Gasteiger partial charge in [0.25, 0.3) is 0 Å². The number of thiophene rings is 1. The molecule has 248 valence electrons. The predicted molar refractivity (Wildman–Crippen MR) is 219 cm³/mol. The van der Waals surface area contributed by atoms with Gasteiger partial charge < -0.3 is 4.74 Å². The second-order valence-electron chi connectivity index (χ2n) is 13.0. The van der Waals surface area contributed by atoms with Gasteiger partial charge in [0.1, 0.15) is 5.75 Å². The molecule has 3 aromatic heterocycles. The Labute approximate surface area is 307 Å². The normalized spacial score (nSPS) is 11.3. The average Bonchev–Trinajstić information content (AvgIpc) is 3.60. The summed E-state index contributed by atoms with van der Waals surface area (Å²) in [5.74, 6) is 0.793. The van der Waals surface area contributed by atoms with Crippen molar-refractivity contribution in [2.24, 2.45) is 0 Å². The fourth-order valence-electron chi connectivity index (χ4n) is 7.17. The highest BCUT2D eigenvalue weighted by atomic mass is 32.1. The third-order valence-electron chi connectivity index (χ3n) is 9.64. The zero-order valence-electron chi connectivity index (χ0n) is 28.9. The maximum Gasteiger partial charge on any atom is 0.128 e. The van der Waals surface area contributed by atoms with E-state index in [1.165, 1.54) is 36.9 Å². The Hall–Kier alpha value is -6.36. The van der Waals surface area contributed by atoms with Crippen LogP contribution in [0.1, 0.15) is 5.69 Å². The standard InChI is InChI=1S/C48H34N2OS/c1-31-26-37(39-22-13-24-41-40-23-12-21-38(47(40)52-48(39)41)33-16-7-4-8-17-33)30-43(49-31)34-18-11-19-35(27-34)44-28-36(32-14-5-3-6-15-32)29-45(50-44)42-20-9-10-25-46(42)51-2/h3-30H,1-2H3. The average molecular weight is 687 g/mol. The van der Waals surface area contributed by atoms with E-state index < -0.39 is 0 Å². The number of nitrogens with zero attached hydrogens (tertiary/aromatic N) is 2. The fourth-order valence-corrected chi connectivity index (χ4v) is 8.54.